The molecule has 4 heteroatoms. The van der Waals surface area contributed by atoms with Crippen LogP contribution in [0.15, 0.2) is 18.3 Å². The number of ketones is 1. The molecule has 0 aromatic carbocycles. The fourth-order valence-corrected chi connectivity index (χ4v) is 2.94. The number of nitrogens with zero attached hydrogens (tertiary/aromatic N) is 1. The SMILES string of the molecule is CC(C)(C)NC(=O)c1ncccc1CC(=O)C1CCCCC1. The van der Waals surface area contributed by atoms with Crippen LogP contribution in [0.3, 0.4) is 0 Å². The molecule has 1 fully saturated rings. The van der Waals surface area contributed by atoms with Crippen LogP contribution in [-0.2, 0) is 11.2 Å². The third-order valence-corrected chi connectivity index (χ3v) is 4.02. The van der Waals surface area contributed by atoms with Gasteiger partial charge in [0.05, 0.1) is 0 Å². The number of carbonyl (C=O) groups excluding carboxylic acids is 2. The summed E-state index contributed by atoms with van der Waals surface area (Å²) in [4.78, 5) is 29.0. The summed E-state index contributed by atoms with van der Waals surface area (Å²) in [5, 5.41) is 2.92. The predicted molar refractivity (Wildman–Crippen MR) is 86.7 cm³/mol. The van der Waals surface area contributed by atoms with Crippen molar-refractivity contribution in [3.8, 4) is 0 Å². The lowest BCUT2D eigenvalue weighted by atomic mass is 9.84. The van der Waals surface area contributed by atoms with Gasteiger partial charge in [0, 0.05) is 24.1 Å². The highest BCUT2D eigenvalue weighted by molar-refractivity contribution is 5.96. The van der Waals surface area contributed by atoms with Gasteiger partial charge in [-0.15, -0.1) is 0 Å². The lowest BCUT2D eigenvalue weighted by Crippen LogP contribution is -2.41. The molecule has 0 bridgehead atoms. The zero-order valence-corrected chi connectivity index (χ0v) is 13.8. The zero-order valence-electron chi connectivity index (χ0n) is 13.8. The van der Waals surface area contributed by atoms with Gasteiger partial charge >= 0.3 is 0 Å². The van der Waals surface area contributed by atoms with Gasteiger partial charge in [-0.2, -0.15) is 0 Å². The number of Topliss-reactive ketones (excluding diaryl/α,β-unsaturated/α-hetero) is 1. The molecule has 0 spiro atoms. The van der Waals surface area contributed by atoms with Crippen molar-refractivity contribution in [2.24, 2.45) is 5.92 Å². The van der Waals surface area contributed by atoms with Gasteiger partial charge in [-0.1, -0.05) is 25.3 Å². The van der Waals surface area contributed by atoms with E-state index in [0.29, 0.717) is 12.1 Å². The second-order valence-corrected chi connectivity index (χ2v) is 7.19. The highest BCUT2D eigenvalue weighted by Crippen LogP contribution is 2.25. The summed E-state index contributed by atoms with van der Waals surface area (Å²) in [6.07, 6.45) is 7.40. The van der Waals surface area contributed by atoms with Crippen LogP contribution >= 0.6 is 0 Å². The molecule has 0 aliphatic heterocycles. The maximum atomic E-state index is 12.5. The molecular formula is C18H26N2O2. The third kappa shape index (κ3) is 4.65. The minimum atomic E-state index is -0.320. The molecule has 2 rings (SSSR count). The van der Waals surface area contributed by atoms with Crippen molar-refractivity contribution in [3.63, 3.8) is 0 Å². The molecule has 1 aromatic heterocycles. The Morgan fingerprint density at radius 2 is 1.91 bits per heavy atom. The molecule has 22 heavy (non-hydrogen) atoms. The molecule has 0 atom stereocenters. The van der Waals surface area contributed by atoms with Crippen LogP contribution in [0, 0.1) is 5.92 Å². The van der Waals surface area contributed by atoms with Crippen LogP contribution in [0.5, 0.6) is 0 Å². The second-order valence-electron chi connectivity index (χ2n) is 7.19. The molecule has 4 nitrogen and oxygen atoms in total. The van der Waals surface area contributed by atoms with E-state index in [1.165, 1.54) is 6.42 Å². The minimum absolute atomic E-state index is 0.160. The van der Waals surface area contributed by atoms with Crippen molar-refractivity contribution in [2.75, 3.05) is 0 Å². The average molecular weight is 302 g/mol. The molecule has 0 saturated heterocycles. The van der Waals surface area contributed by atoms with E-state index in [-0.39, 0.29) is 23.1 Å². The molecule has 120 valence electrons. The van der Waals surface area contributed by atoms with Crippen molar-refractivity contribution in [1.82, 2.24) is 10.3 Å². The molecule has 1 heterocycles. The number of rotatable bonds is 4. The van der Waals surface area contributed by atoms with Crippen LogP contribution in [0.2, 0.25) is 0 Å². The Morgan fingerprint density at radius 1 is 1.23 bits per heavy atom. The lowest BCUT2D eigenvalue weighted by molar-refractivity contribution is -0.123. The van der Waals surface area contributed by atoms with E-state index < -0.39 is 0 Å². The van der Waals surface area contributed by atoms with Crippen molar-refractivity contribution >= 4 is 11.7 Å². The Kier molecular flexibility index (Phi) is 5.33. The molecule has 1 N–H and O–H groups in total. The molecular weight excluding hydrogens is 276 g/mol. The van der Waals surface area contributed by atoms with Crippen molar-refractivity contribution in [3.05, 3.63) is 29.6 Å². The standard InChI is InChI=1S/C18H26N2O2/c1-18(2,3)20-17(22)16-14(10-7-11-19-16)12-15(21)13-8-5-4-6-9-13/h7,10-11,13H,4-6,8-9,12H2,1-3H3,(H,20,22). The summed E-state index contributed by atoms with van der Waals surface area (Å²) >= 11 is 0. The average Bonchev–Trinajstić information content (AvgIpc) is 2.47. The topological polar surface area (TPSA) is 59.1 Å². The highest BCUT2D eigenvalue weighted by atomic mass is 16.2. The second kappa shape index (κ2) is 7.03. The quantitative estimate of drug-likeness (QED) is 0.928. The summed E-state index contributed by atoms with van der Waals surface area (Å²) in [6, 6.07) is 3.63. The summed E-state index contributed by atoms with van der Waals surface area (Å²) < 4.78 is 0. The fourth-order valence-electron chi connectivity index (χ4n) is 2.94. The molecule has 0 unspecified atom stereocenters. The maximum absolute atomic E-state index is 12.5. The highest BCUT2D eigenvalue weighted by Gasteiger charge is 2.24. The summed E-state index contributed by atoms with van der Waals surface area (Å²) in [5.41, 5.74) is 0.792. The molecule has 1 aromatic rings. The van der Waals surface area contributed by atoms with Gasteiger partial charge in [0.25, 0.3) is 5.91 Å². The Balaban J connectivity index is 2.10. The lowest BCUT2D eigenvalue weighted by Gasteiger charge is -2.22. The van der Waals surface area contributed by atoms with Crippen molar-refractivity contribution < 1.29 is 9.59 Å². The molecule has 1 aliphatic carbocycles. The maximum Gasteiger partial charge on any atom is 0.270 e. The van der Waals surface area contributed by atoms with Crippen LogP contribution < -0.4 is 5.32 Å². The van der Waals surface area contributed by atoms with Crippen LogP contribution in [-0.4, -0.2) is 22.2 Å². The number of hydrogen-bond donors (Lipinski definition) is 1. The van der Waals surface area contributed by atoms with E-state index >= 15 is 0 Å². The first-order chi connectivity index (χ1) is 10.4. The summed E-state index contributed by atoms with van der Waals surface area (Å²) in [6.45, 7) is 5.79. The number of hydrogen-bond acceptors (Lipinski definition) is 3. The van der Waals surface area contributed by atoms with Gasteiger partial charge in [0.1, 0.15) is 11.5 Å². The third-order valence-electron chi connectivity index (χ3n) is 4.02. The monoisotopic (exact) mass is 302 g/mol. The van der Waals surface area contributed by atoms with Gasteiger partial charge in [0.2, 0.25) is 0 Å². The van der Waals surface area contributed by atoms with Gasteiger partial charge in [-0.3, -0.25) is 14.6 Å². The molecule has 1 aliphatic rings. The molecule has 1 amide bonds. The first-order valence-corrected chi connectivity index (χ1v) is 8.16. The first kappa shape index (κ1) is 16.7. The Labute approximate surface area is 132 Å². The fraction of sp³-hybridized carbons (Fsp3) is 0.611. The Morgan fingerprint density at radius 3 is 2.55 bits per heavy atom. The van der Waals surface area contributed by atoms with Crippen LogP contribution in [0.1, 0.15) is 68.9 Å². The van der Waals surface area contributed by atoms with Crippen LogP contribution in [0.25, 0.3) is 0 Å². The predicted octanol–water partition coefficient (Wildman–Crippen LogP) is 3.30. The van der Waals surface area contributed by atoms with Gasteiger partial charge in [0.15, 0.2) is 0 Å². The molecule has 0 radical (unpaired) electrons. The van der Waals surface area contributed by atoms with Crippen LogP contribution in [0.4, 0.5) is 0 Å². The van der Waals surface area contributed by atoms with E-state index in [1.807, 2.05) is 26.8 Å². The largest absolute Gasteiger partial charge is 0.346 e. The minimum Gasteiger partial charge on any atom is -0.346 e. The van der Waals surface area contributed by atoms with Crippen molar-refractivity contribution in [1.29, 1.82) is 0 Å². The molecule has 1 saturated carbocycles. The zero-order chi connectivity index (χ0) is 16.2. The number of carbonyl (C=O) groups is 2. The van der Waals surface area contributed by atoms with Gasteiger partial charge in [-0.05, 0) is 45.2 Å². The number of aromatic nitrogens is 1. The van der Waals surface area contributed by atoms with E-state index in [1.54, 1.807) is 12.3 Å². The first-order valence-electron chi connectivity index (χ1n) is 8.16. The Hall–Kier alpha value is -1.71. The van der Waals surface area contributed by atoms with E-state index in [2.05, 4.69) is 10.3 Å². The van der Waals surface area contributed by atoms with Gasteiger partial charge in [-0.25, -0.2) is 0 Å². The normalized spacial score (nSPS) is 16.3. The smallest absolute Gasteiger partial charge is 0.270 e. The summed E-state index contributed by atoms with van der Waals surface area (Å²) in [7, 11) is 0. The number of pyridine rings is 1. The number of amides is 1. The van der Waals surface area contributed by atoms with Gasteiger partial charge < -0.3 is 5.32 Å². The number of nitrogens with one attached hydrogen (secondary N) is 1. The van der Waals surface area contributed by atoms with E-state index in [0.717, 1.165) is 31.2 Å². The Bertz CT molecular complexity index is 540. The van der Waals surface area contributed by atoms with E-state index in [9.17, 15) is 9.59 Å². The van der Waals surface area contributed by atoms with E-state index in [4.69, 9.17) is 0 Å². The van der Waals surface area contributed by atoms with Crippen molar-refractivity contribution in [2.45, 2.75) is 64.8 Å². The summed E-state index contributed by atoms with van der Waals surface area (Å²) in [5.74, 6) is 0.199.